The molecular weight excluding hydrogens is 366 g/mol. The van der Waals surface area contributed by atoms with E-state index in [2.05, 4.69) is 10.9 Å². The summed E-state index contributed by atoms with van der Waals surface area (Å²) in [5.41, 5.74) is 7.96. The molecule has 27 heavy (non-hydrogen) atoms. The molecule has 0 aromatic heterocycles. The minimum absolute atomic E-state index is 0.199. The van der Waals surface area contributed by atoms with Crippen molar-refractivity contribution in [2.24, 2.45) is 0 Å². The molecule has 2 aromatic carbocycles. The average molecular weight is 387 g/mol. The predicted molar refractivity (Wildman–Crippen MR) is 103 cm³/mol. The van der Waals surface area contributed by atoms with Gasteiger partial charge in [-0.05, 0) is 56.2 Å². The number of hydrogen-bond donors (Lipinski definition) is 2. The second-order valence-corrected chi connectivity index (χ2v) is 8.59. The number of carbonyl (C=O) groups is 2. The lowest BCUT2D eigenvalue weighted by atomic mass is 10.1. The summed E-state index contributed by atoms with van der Waals surface area (Å²) in [6.45, 7) is 3.74. The molecule has 3 rings (SSSR count). The number of hydrazine groups is 1. The number of fused-ring (bicyclic) bond motifs is 1. The molecule has 7 nitrogen and oxygen atoms in total. The minimum Gasteiger partial charge on any atom is -0.267 e. The third-order valence-electron chi connectivity index (χ3n) is 4.46. The van der Waals surface area contributed by atoms with Crippen LogP contribution in [-0.4, -0.2) is 32.5 Å². The van der Waals surface area contributed by atoms with Crippen LogP contribution in [0.15, 0.2) is 42.5 Å². The van der Waals surface area contributed by atoms with Crippen LogP contribution in [0.25, 0.3) is 0 Å². The Labute approximate surface area is 158 Å². The highest BCUT2D eigenvalue weighted by molar-refractivity contribution is 7.92. The lowest BCUT2D eigenvalue weighted by Gasteiger charge is -2.21. The zero-order valence-corrected chi connectivity index (χ0v) is 16.1. The zero-order chi connectivity index (χ0) is 19.8. The molecule has 1 atom stereocenters. The Morgan fingerprint density at radius 2 is 1.56 bits per heavy atom. The first-order chi connectivity index (χ1) is 12.7. The summed E-state index contributed by atoms with van der Waals surface area (Å²) < 4.78 is 25.3. The lowest BCUT2D eigenvalue weighted by Crippen LogP contribution is -2.41. The van der Waals surface area contributed by atoms with Gasteiger partial charge in [0.25, 0.3) is 11.8 Å². The first-order valence-electron chi connectivity index (χ1n) is 8.46. The van der Waals surface area contributed by atoms with E-state index >= 15 is 0 Å². The maximum absolute atomic E-state index is 12.3. The first-order valence-corrected chi connectivity index (χ1v) is 10.3. The maximum atomic E-state index is 12.3. The normalized spacial score (nSPS) is 16.0. The number of sulfonamides is 1. The molecule has 0 saturated heterocycles. The van der Waals surface area contributed by atoms with E-state index in [0.29, 0.717) is 23.2 Å². The van der Waals surface area contributed by atoms with E-state index in [1.807, 2.05) is 26.0 Å². The van der Waals surface area contributed by atoms with Crippen molar-refractivity contribution in [2.75, 3.05) is 10.6 Å². The summed E-state index contributed by atoms with van der Waals surface area (Å²) >= 11 is 0. The minimum atomic E-state index is -3.38. The monoisotopic (exact) mass is 387 g/mol. The van der Waals surface area contributed by atoms with E-state index in [4.69, 9.17) is 0 Å². The summed E-state index contributed by atoms with van der Waals surface area (Å²) in [7, 11) is -3.38. The van der Waals surface area contributed by atoms with E-state index < -0.39 is 21.8 Å². The number of amides is 2. The molecule has 0 fully saturated rings. The van der Waals surface area contributed by atoms with E-state index in [1.165, 1.54) is 10.6 Å². The number of anilines is 1. The summed E-state index contributed by atoms with van der Waals surface area (Å²) in [5, 5.41) is 0. The van der Waals surface area contributed by atoms with Crippen molar-refractivity contribution in [3.63, 3.8) is 0 Å². The quantitative estimate of drug-likeness (QED) is 0.785. The third-order valence-corrected chi connectivity index (χ3v) is 5.73. The standard InChI is InChI=1S/C19H21N3O4S/c1-12-4-6-14(7-5-12)18(23)20-21-19(24)15-8-9-17-16(11-15)10-13(2)22(17)27(3,25)26/h4-9,11,13H,10H2,1-3H3,(H,20,23)(H,21,24)/t13-/m0/s1. The Morgan fingerprint density at radius 3 is 2.15 bits per heavy atom. The lowest BCUT2D eigenvalue weighted by molar-refractivity contribution is 0.0846. The van der Waals surface area contributed by atoms with Crippen LogP contribution in [0, 0.1) is 6.92 Å². The van der Waals surface area contributed by atoms with Crippen molar-refractivity contribution in [1.82, 2.24) is 10.9 Å². The van der Waals surface area contributed by atoms with Crippen molar-refractivity contribution in [3.8, 4) is 0 Å². The Morgan fingerprint density at radius 1 is 1.00 bits per heavy atom. The van der Waals surface area contributed by atoms with Crippen LogP contribution in [0.1, 0.15) is 38.8 Å². The van der Waals surface area contributed by atoms with Crippen LogP contribution in [0.2, 0.25) is 0 Å². The first kappa shape index (κ1) is 18.9. The predicted octanol–water partition coefficient (Wildman–Crippen LogP) is 1.78. The molecule has 142 valence electrons. The number of rotatable bonds is 3. The number of carbonyl (C=O) groups excluding carboxylic acids is 2. The molecule has 1 aliphatic rings. The molecule has 2 N–H and O–H groups in total. The smallest absolute Gasteiger partial charge is 0.267 e. The van der Waals surface area contributed by atoms with Gasteiger partial charge in [-0.1, -0.05) is 17.7 Å². The zero-order valence-electron chi connectivity index (χ0n) is 15.3. The molecule has 0 spiro atoms. The van der Waals surface area contributed by atoms with Gasteiger partial charge in [0.05, 0.1) is 11.9 Å². The molecule has 8 heteroatoms. The Hall–Kier alpha value is -2.87. The molecule has 1 heterocycles. The molecule has 2 aromatic rings. The highest BCUT2D eigenvalue weighted by Gasteiger charge is 2.32. The van der Waals surface area contributed by atoms with Gasteiger partial charge in [0, 0.05) is 17.2 Å². The van der Waals surface area contributed by atoms with Crippen LogP contribution in [0.5, 0.6) is 0 Å². The topological polar surface area (TPSA) is 95.6 Å². The number of nitrogens with one attached hydrogen (secondary N) is 2. The Bertz CT molecular complexity index is 1000. The van der Waals surface area contributed by atoms with Gasteiger partial charge in [0.1, 0.15) is 0 Å². The van der Waals surface area contributed by atoms with Crippen LogP contribution in [-0.2, 0) is 16.4 Å². The molecule has 0 aliphatic carbocycles. The van der Waals surface area contributed by atoms with Crippen LogP contribution in [0.4, 0.5) is 5.69 Å². The fraction of sp³-hybridized carbons (Fsp3) is 0.263. The Kier molecular flexibility index (Phi) is 4.93. The third kappa shape index (κ3) is 3.95. The molecule has 0 unspecified atom stereocenters. The van der Waals surface area contributed by atoms with Gasteiger partial charge < -0.3 is 0 Å². The number of hydrogen-bond acceptors (Lipinski definition) is 4. The van der Waals surface area contributed by atoms with Crippen molar-refractivity contribution < 1.29 is 18.0 Å². The highest BCUT2D eigenvalue weighted by atomic mass is 32.2. The van der Waals surface area contributed by atoms with Crippen LogP contribution in [0.3, 0.4) is 0 Å². The van der Waals surface area contributed by atoms with E-state index in [1.54, 1.807) is 30.3 Å². The highest BCUT2D eigenvalue weighted by Crippen LogP contribution is 2.34. The second-order valence-electron chi connectivity index (χ2n) is 6.73. The number of benzene rings is 2. The largest absolute Gasteiger partial charge is 0.269 e. The van der Waals surface area contributed by atoms with Gasteiger partial charge >= 0.3 is 0 Å². The van der Waals surface area contributed by atoms with Crippen molar-refractivity contribution in [1.29, 1.82) is 0 Å². The summed E-state index contributed by atoms with van der Waals surface area (Å²) in [5.74, 6) is -0.884. The summed E-state index contributed by atoms with van der Waals surface area (Å²) in [6.07, 6.45) is 1.69. The van der Waals surface area contributed by atoms with Gasteiger partial charge in [0.2, 0.25) is 10.0 Å². The van der Waals surface area contributed by atoms with Crippen LogP contribution < -0.4 is 15.2 Å². The Balaban J connectivity index is 1.71. The van der Waals surface area contributed by atoms with Gasteiger partial charge in [-0.2, -0.15) is 0 Å². The molecule has 0 bridgehead atoms. The number of nitrogens with zero attached hydrogens (tertiary/aromatic N) is 1. The molecule has 0 radical (unpaired) electrons. The summed E-state index contributed by atoms with van der Waals surface area (Å²) in [4.78, 5) is 24.4. The fourth-order valence-corrected chi connectivity index (χ4v) is 4.48. The van der Waals surface area contributed by atoms with Gasteiger partial charge in [0.15, 0.2) is 0 Å². The van der Waals surface area contributed by atoms with Gasteiger partial charge in [-0.3, -0.25) is 24.7 Å². The van der Waals surface area contributed by atoms with Crippen LogP contribution >= 0.6 is 0 Å². The molecular formula is C19H21N3O4S. The van der Waals surface area contributed by atoms with Crippen molar-refractivity contribution in [3.05, 3.63) is 64.7 Å². The summed E-state index contributed by atoms with van der Waals surface area (Å²) in [6, 6.07) is 11.6. The van der Waals surface area contributed by atoms with E-state index in [9.17, 15) is 18.0 Å². The fourth-order valence-electron chi connectivity index (χ4n) is 3.21. The molecule has 1 aliphatic heterocycles. The van der Waals surface area contributed by atoms with Gasteiger partial charge in [-0.15, -0.1) is 0 Å². The molecule has 0 saturated carbocycles. The molecule has 2 amide bonds. The second kappa shape index (κ2) is 7.03. The van der Waals surface area contributed by atoms with Crippen molar-refractivity contribution in [2.45, 2.75) is 26.3 Å². The average Bonchev–Trinajstić information content (AvgIpc) is 2.94. The van der Waals surface area contributed by atoms with Crippen molar-refractivity contribution >= 4 is 27.5 Å². The SMILES string of the molecule is Cc1ccc(C(=O)NNC(=O)c2ccc3c(c2)C[C@H](C)N3S(C)(=O)=O)cc1. The number of aryl methyl sites for hydroxylation is 1. The maximum Gasteiger partial charge on any atom is 0.269 e. The van der Waals surface area contributed by atoms with E-state index in [0.717, 1.165) is 11.1 Å². The van der Waals surface area contributed by atoms with Gasteiger partial charge in [-0.25, -0.2) is 8.42 Å². The van der Waals surface area contributed by atoms with E-state index in [-0.39, 0.29) is 6.04 Å².